The van der Waals surface area contributed by atoms with Crippen LogP contribution in [-0.4, -0.2) is 58.3 Å². The van der Waals surface area contributed by atoms with Gasteiger partial charge in [0.15, 0.2) is 0 Å². The second-order valence-corrected chi connectivity index (χ2v) is 5.76. The number of carbonyl (C=O) groups is 2. The van der Waals surface area contributed by atoms with Crippen LogP contribution in [0.25, 0.3) is 0 Å². The number of nitrogens with zero attached hydrogens (tertiary/aromatic N) is 4. The molecule has 2 amide bonds. The topological polar surface area (TPSA) is 78.4 Å². The molecule has 1 aromatic heterocycles. The van der Waals surface area contributed by atoms with Crippen LogP contribution in [0.1, 0.15) is 16.2 Å². The summed E-state index contributed by atoms with van der Waals surface area (Å²) in [4.78, 5) is 35.1. The first-order valence-corrected chi connectivity index (χ1v) is 7.92. The Morgan fingerprint density at radius 3 is 2.60 bits per heavy atom. The van der Waals surface area contributed by atoms with Crippen LogP contribution in [0.5, 0.6) is 0 Å². The third kappa shape index (κ3) is 3.90. The molecule has 0 unspecified atom stereocenters. The lowest BCUT2D eigenvalue weighted by atomic mass is 10.2. The van der Waals surface area contributed by atoms with E-state index in [-0.39, 0.29) is 23.2 Å². The third-order valence-corrected chi connectivity index (χ3v) is 3.94. The van der Waals surface area contributed by atoms with E-state index in [2.05, 4.69) is 15.3 Å². The number of amides is 2. The molecule has 0 radical (unpaired) electrons. The van der Waals surface area contributed by atoms with Crippen LogP contribution in [0.15, 0.2) is 30.3 Å². The zero-order chi connectivity index (χ0) is 17.8. The minimum atomic E-state index is -0.425. The second-order valence-electron chi connectivity index (χ2n) is 5.76. The molecule has 8 heteroatoms. The summed E-state index contributed by atoms with van der Waals surface area (Å²) in [7, 11) is 0. The molecular formula is C17H18FN5O2. The van der Waals surface area contributed by atoms with Crippen molar-refractivity contribution in [1.82, 2.24) is 19.8 Å². The van der Waals surface area contributed by atoms with Crippen LogP contribution in [-0.2, 0) is 4.79 Å². The first kappa shape index (κ1) is 16.8. The number of halogens is 1. The highest BCUT2D eigenvalue weighted by molar-refractivity contribution is 5.93. The Labute approximate surface area is 144 Å². The van der Waals surface area contributed by atoms with Gasteiger partial charge in [0.1, 0.15) is 11.5 Å². The fourth-order valence-electron chi connectivity index (χ4n) is 2.61. The SMILES string of the molecule is Cc1cc(C(=O)N2CCN(C=O)CC2)nc(Nc2ccccc2F)n1. The molecule has 3 rings (SSSR count). The number of rotatable bonds is 4. The number of aromatic nitrogens is 2. The minimum Gasteiger partial charge on any atom is -0.342 e. The zero-order valence-electron chi connectivity index (χ0n) is 13.8. The summed E-state index contributed by atoms with van der Waals surface area (Å²) in [5.74, 6) is -0.488. The lowest BCUT2D eigenvalue weighted by Crippen LogP contribution is -2.48. The number of para-hydroxylation sites is 1. The van der Waals surface area contributed by atoms with Crippen molar-refractivity contribution in [1.29, 1.82) is 0 Å². The van der Waals surface area contributed by atoms with E-state index >= 15 is 0 Å². The molecule has 2 heterocycles. The maximum atomic E-state index is 13.8. The number of benzene rings is 1. The van der Waals surface area contributed by atoms with E-state index in [1.165, 1.54) is 6.07 Å². The molecule has 0 bridgehead atoms. The Hall–Kier alpha value is -3.03. The number of aryl methyl sites for hydroxylation is 1. The largest absolute Gasteiger partial charge is 0.342 e. The van der Waals surface area contributed by atoms with Crippen LogP contribution >= 0.6 is 0 Å². The van der Waals surface area contributed by atoms with Gasteiger partial charge >= 0.3 is 0 Å². The standard InChI is InChI=1S/C17H18FN5O2/c1-12-10-15(16(25)23-8-6-22(11-24)7-9-23)21-17(19-12)20-14-5-3-2-4-13(14)18/h2-5,10-11H,6-9H2,1H3,(H,19,20,21). The monoisotopic (exact) mass is 343 g/mol. The minimum absolute atomic E-state index is 0.167. The number of nitrogens with one attached hydrogen (secondary N) is 1. The van der Waals surface area contributed by atoms with Gasteiger partial charge in [0.2, 0.25) is 12.4 Å². The van der Waals surface area contributed by atoms with Gasteiger partial charge in [-0.15, -0.1) is 0 Å². The van der Waals surface area contributed by atoms with Crippen molar-refractivity contribution in [3.63, 3.8) is 0 Å². The summed E-state index contributed by atoms with van der Waals surface area (Å²) in [6.07, 6.45) is 0.785. The van der Waals surface area contributed by atoms with Gasteiger partial charge in [-0.1, -0.05) is 12.1 Å². The molecule has 2 aromatic rings. The number of piperazine rings is 1. The smallest absolute Gasteiger partial charge is 0.272 e. The van der Waals surface area contributed by atoms with E-state index in [9.17, 15) is 14.0 Å². The highest BCUT2D eigenvalue weighted by Crippen LogP contribution is 2.18. The summed E-state index contributed by atoms with van der Waals surface area (Å²) >= 11 is 0. The molecule has 1 N–H and O–H groups in total. The van der Waals surface area contributed by atoms with Crippen LogP contribution in [0.4, 0.5) is 16.0 Å². The quantitative estimate of drug-likeness (QED) is 0.853. The van der Waals surface area contributed by atoms with Crippen LogP contribution in [0.3, 0.4) is 0 Å². The highest BCUT2D eigenvalue weighted by atomic mass is 19.1. The number of carbonyl (C=O) groups excluding carboxylic acids is 2. The molecule has 1 aromatic carbocycles. The summed E-state index contributed by atoms with van der Waals surface area (Å²) < 4.78 is 13.8. The molecular weight excluding hydrogens is 325 g/mol. The van der Waals surface area contributed by atoms with E-state index in [0.717, 1.165) is 6.41 Å². The Balaban J connectivity index is 1.78. The second kappa shape index (κ2) is 7.25. The van der Waals surface area contributed by atoms with Crippen LogP contribution < -0.4 is 5.32 Å². The highest BCUT2D eigenvalue weighted by Gasteiger charge is 2.23. The van der Waals surface area contributed by atoms with Crippen molar-refractivity contribution in [3.8, 4) is 0 Å². The van der Waals surface area contributed by atoms with Gasteiger partial charge in [-0.25, -0.2) is 14.4 Å². The van der Waals surface area contributed by atoms with Gasteiger partial charge in [0.05, 0.1) is 5.69 Å². The Morgan fingerprint density at radius 1 is 1.20 bits per heavy atom. The first-order valence-electron chi connectivity index (χ1n) is 7.92. The fraction of sp³-hybridized carbons (Fsp3) is 0.294. The lowest BCUT2D eigenvalue weighted by Gasteiger charge is -2.32. The average Bonchev–Trinajstić information content (AvgIpc) is 2.62. The van der Waals surface area contributed by atoms with Crippen molar-refractivity contribution in [3.05, 3.63) is 47.5 Å². The molecule has 0 spiro atoms. The maximum Gasteiger partial charge on any atom is 0.272 e. The van der Waals surface area contributed by atoms with Gasteiger partial charge in [-0.05, 0) is 25.1 Å². The van der Waals surface area contributed by atoms with Gasteiger partial charge in [-0.3, -0.25) is 9.59 Å². The molecule has 0 saturated carbocycles. The normalized spacial score (nSPS) is 14.3. The van der Waals surface area contributed by atoms with Crippen molar-refractivity contribution < 1.29 is 14.0 Å². The molecule has 0 aliphatic carbocycles. The van der Waals surface area contributed by atoms with Gasteiger partial charge in [0, 0.05) is 31.9 Å². The van der Waals surface area contributed by atoms with E-state index in [1.54, 1.807) is 41.0 Å². The molecule has 130 valence electrons. The number of hydrogen-bond donors (Lipinski definition) is 1. The molecule has 25 heavy (non-hydrogen) atoms. The van der Waals surface area contributed by atoms with Crippen LogP contribution in [0, 0.1) is 12.7 Å². The third-order valence-electron chi connectivity index (χ3n) is 3.94. The van der Waals surface area contributed by atoms with Crippen molar-refractivity contribution in [2.75, 3.05) is 31.5 Å². The van der Waals surface area contributed by atoms with E-state index in [0.29, 0.717) is 31.9 Å². The summed E-state index contributed by atoms with van der Waals surface area (Å²) in [6, 6.07) is 7.78. The Morgan fingerprint density at radius 2 is 1.92 bits per heavy atom. The van der Waals surface area contributed by atoms with Gasteiger partial charge in [0.25, 0.3) is 5.91 Å². The number of hydrogen-bond acceptors (Lipinski definition) is 5. The average molecular weight is 343 g/mol. The molecule has 7 nitrogen and oxygen atoms in total. The van der Waals surface area contributed by atoms with Gasteiger partial charge < -0.3 is 15.1 Å². The molecule has 1 fully saturated rings. The number of anilines is 2. The van der Waals surface area contributed by atoms with Gasteiger partial charge in [-0.2, -0.15) is 0 Å². The maximum absolute atomic E-state index is 13.8. The molecule has 1 aliphatic rings. The van der Waals surface area contributed by atoms with Crippen molar-refractivity contribution in [2.24, 2.45) is 0 Å². The zero-order valence-corrected chi connectivity index (χ0v) is 13.8. The molecule has 1 aliphatic heterocycles. The fourth-order valence-corrected chi connectivity index (χ4v) is 2.61. The predicted octanol–water partition coefficient (Wildman–Crippen LogP) is 1.58. The Kier molecular flexibility index (Phi) is 4.87. The predicted molar refractivity (Wildman–Crippen MR) is 90.0 cm³/mol. The lowest BCUT2D eigenvalue weighted by molar-refractivity contribution is -0.119. The summed E-state index contributed by atoms with van der Waals surface area (Å²) in [5.41, 5.74) is 1.08. The molecule has 1 saturated heterocycles. The Bertz CT molecular complexity index is 790. The first-order chi connectivity index (χ1) is 12.1. The van der Waals surface area contributed by atoms with Crippen molar-refractivity contribution >= 4 is 24.0 Å². The van der Waals surface area contributed by atoms with Crippen molar-refractivity contribution in [2.45, 2.75) is 6.92 Å². The van der Waals surface area contributed by atoms with E-state index < -0.39 is 5.82 Å². The summed E-state index contributed by atoms with van der Waals surface area (Å²) in [6.45, 7) is 3.65. The molecule has 0 atom stereocenters. The van der Waals surface area contributed by atoms with E-state index in [1.807, 2.05) is 0 Å². The van der Waals surface area contributed by atoms with Crippen LogP contribution in [0.2, 0.25) is 0 Å². The summed E-state index contributed by atoms with van der Waals surface area (Å²) in [5, 5.41) is 2.80. The van der Waals surface area contributed by atoms with E-state index in [4.69, 9.17) is 0 Å².